The van der Waals surface area contributed by atoms with E-state index < -0.39 is 0 Å². The predicted molar refractivity (Wildman–Crippen MR) is 66.8 cm³/mol. The Hall–Kier alpha value is -0.610. The first-order valence-corrected chi connectivity index (χ1v) is 6.73. The van der Waals surface area contributed by atoms with Crippen LogP contribution >= 0.6 is 0 Å². The lowest BCUT2D eigenvalue weighted by Gasteiger charge is -2.36. The van der Waals surface area contributed by atoms with Gasteiger partial charge in [0.1, 0.15) is 0 Å². The van der Waals surface area contributed by atoms with E-state index in [2.05, 4.69) is 22.0 Å². The van der Waals surface area contributed by atoms with Crippen molar-refractivity contribution in [3.05, 3.63) is 0 Å². The summed E-state index contributed by atoms with van der Waals surface area (Å²) in [6, 6.07) is 2.22. The highest BCUT2D eigenvalue weighted by Gasteiger charge is 2.37. The molecule has 2 aliphatic heterocycles. The fraction of sp³-hybridized carbons (Fsp3) is 0.923. The molecule has 2 aliphatic rings. The maximum absolute atomic E-state index is 11.0. The number of ether oxygens (including phenoxy) is 1. The minimum atomic E-state index is -0.102. The number of fused-ring (bicyclic) bond motifs is 2. The molecule has 0 spiro atoms. The van der Waals surface area contributed by atoms with Crippen molar-refractivity contribution >= 4 is 5.97 Å². The number of hydrogen-bond donors (Lipinski definition) is 1. The topological polar surface area (TPSA) is 41.6 Å². The molecule has 2 saturated heterocycles. The standard InChI is InChI=1S/C13H24N2O2/c1-15-11-5-6-12(15)9-10(8-11)14-7-3-4-13(16)17-2/h10-12,14H,3-9H2,1-2H3. The van der Waals surface area contributed by atoms with Crippen LogP contribution in [-0.4, -0.2) is 49.7 Å². The molecule has 2 bridgehead atoms. The largest absolute Gasteiger partial charge is 0.469 e. The van der Waals surface area contributed by atoms with Crippen molar-refractivity contribution in [3.8, 4) is 0 Å². The van der Waals surface area contributed by atoms with E-state index in [1.165, 1.54) is 32.8 Å². The van der Waals surface area contributed by atoms with E-state index in [0.29, 0.717) is 12.5 Å². The lowest BCUT2D eigenvalue weighted by Crippen LogP contribution is -2.47. The van der Waals surface area contributed by atoms with E-state index in [1.54, 1.807) is 0 Å². The minimum Gasteiger partial charge on any atom is -0.469 e. The molecule has 17 heavy (non-hydrogen) atoms. The fourth-order valence-electron chi connectivity index (χ4n) is 3.22. The van der Waals surface area contributed by atoms with Gasteiger partial charge in [-0.2, -0.15) is 0 Å². The van der Waals surface area contributed by atoms with E-state index in [9.17, 15) is 4.79 Å². The molecule has 0 aliphatic carbocycles. The van der Waals surface area contributed by atoms with Gasteiger partial charge in [0.05, 0.1) is 7.11 Å². The second kappa shape index (κ2) is 5.83. The van der Waals surface area contributed by atoms with Crippen LogP contribution in [0, 0.1) is 0 Å². The van der Waals surface area contributed by atoms with Crippen LogP contribution in [0.25, 0.3) is 0 Å². The van der Waals surface area contributed by atoms with Crippen LogP contribution in [0.2, 0.25) is 0 Å². The van der Waals surface area contributed by atoms with Gasteiger partial charge >= 0.3 is 5.97 Å². The SMILES string of the molecule is COC(=O)CCCNC1CC2CCC(C1)N2C. The van der Waals surface area contributed by atoms with Gasteiger partial charge in [-0.3, -0.25) is 4.79 Å². The Morgan fingerprint density at radius 3 is 2.59 bits per heavy atom. The molecule has 0 aromatic heterocycles. The molecule has 0 aromatic rings. The molecule has 4 heteroatoms. The second-order valence-corrected chi connectivity index (χ2v) is 5.35. The van der Waals surface area contributed by atoms with Crippen LogP contribution in [0.4, 0.5) is 0 Å². The summed E-state index contributed by atoms with van der Waals surface area (Å²) in [5, 5.41) is 3.59. The number of carbonyl (C=O) groups is 1. The van der Waals surface area contributed by atoms with E-state index in [-0.39, 0.29) is 5.97 Å². The molecule has 2 rings (SSSR count). The summed E-state index contributed by atoms with van der Waals surface area (Å²) in [4.78, 5) is 13.5. The highest BCUT2D eigenvalue weighted by molar-refractivity contribution is 5.69. The molecule has 2 heterocycles. The number of methoxy groups -OCH3 is 1. The molecule has 4 nitrogen and oxygen atoms in total. The quantitative estimate of drug-likeness (QED) is 0.578. The summed E-state index contributed by atoms with van der Waals surface area (Å²) < 4.78 is 4.63. The first kappa shape index (κ1) is 12.8. The summed E-state index contributed by atoms with van der Waals surface area (Å²) in [6.45, 7) is 0.933. The van der Waals surface area contributed by atoms with E-state index in [4.69, 9.17) is 0 Å². The Morgan fingerprint density at radius 1 is 1.35 bits per heavy atom. The van der Waals surface area contributed by atoms with Gasteiger partial charge in [0.25, 0.3) is 0 Å². The fourth-order valence-corrected chi connectivity index (χ4v) is 3.22. The Morgan fingerprint density at radius 2 is 2.00 bits per heavy atom. The molecule has 2 fully saturated rings. The van der Waals surface area contributed by atoms with Gasteiger partial charge in [-0.15, -0.1) is 0 Å². The Bertz CT molecular complexity index is 256. The Labute approximate surface area is 104 Å². The van der Waals surface area contributed by atoms with E-state index >= 15 is 0 Å². The zero-order valence-corrected chi connectivity index (χ0v) is 10.9. The van der Waals surface area contributed by atoms with Crippen molar-refractivity contribution in [2.75, 3.05) is 20.7 Å². The van der Waals surface area contributed by atoms with Gasteiger partial charge in [-0.05, 0) is 45.7 Å². The van der Waals surface area contributed by atoms with Crippen LogP contribution in [0.1, 0.15) is 38.5 Å². The average molecular weight is 240 g/mol. The molecule has 2 unspecified atom stereocenters. The second-order valence-electron chi connectivity index (χ2n) is 5.35. The van der Waals surface area contributed by atoms with Crippen LogP contribution in [0.5, 0.6) is 0 Å². The number of nitrogens with one attached hydrogen (secondary N) is 1. The Kier molecular flexibility index (Phi) is 4.40. The third kappa shape index (κ3) is 3.19. The van der Waals surface area contributed by atoms with Crippen LogP contribution in [0.3, 0.4) is 0 Å². The highest BCUT2D eigenvalue weighted by atomic mass is 16.5. The molecular formula is C13H24N2O2. The monoisotopic (exact) mass is 240 g/mol. The molecular weight excluding hydrogens is 216 g/mol. The number of esters is 1. The molecule has 98 valence electrons. The van der Waals surface area contributed by atoms with Crippen LogP contribution in [0.15, 0.2) is 0 Å². The zero-order chi connectivity index (χ0) is 12.3. The van der Waals surface area contributed by atoms with E-state index in [1.807, 2.05) is 0 Å². The molecule has 0 amide bonds. The molecule has 0 saturated carbocycles. The van der Waals surface area contributed by atoms with Crippen molar-refractivity contribution < 1.29 is 9.53 Å². The lowest BCUT2D eigenvalue weighted by molar-refractivity contribution is -0.140. The number of hydrogen-bond acceptors (Lipinski definition) is 4. The minimum absolute atomic E-state index is 0.102. The van der Waals surface area contributed by atoms with Crippen molar-refractivity contribution in [2.24, 2.45) is 0 Å². The summed E-state index contributed by atoms with van der Waals surface area (Å²) in [6.07, 6.45) is 6.68. The first-order chi connectivity index (χ1) is 8.20. The zero-order valence-electron chi connectivity index (χ0n) is 10.9. The third-order valence-electron chi connectivity index (χ3n) is 4.32. The Balaban J connectivity index is 1.63. The summed E-state index contributed by atoms with van der Waals surface area (Å²) >= 11 is 0. The normalized spacial score (nSPS) is 32.7. The van der Waals surface area contributed by atoms with Crippen molar-refractivity contribution in [1.82, 2.24) is 10.2 Å². The number of piperidine rings is 1. The van der Waals surface area contributed by atoms with Gasteiger partial charge in [0.15, 0.2) is 0 Å². The van der Waals surface area contributed by atoms with Gasteiger partial charge in [-0.25, -0.2) is 0 Å². The van der Waals surface area contributed by atoms with Crippen molar-refractivity contribution in [3.63, 3.8) is 0 Å². The van der Waals surface area contributed by atoms with Crippen LogP contribution in [-0.2, 0) is 9.53 Å². The van der Waals surface area contributed by atoms with E-state index in [0.717, 1.165) is 25.0 Å². The molecule has 0 radical (unpaired) electrons. The maximum atomic E-state index is 11.0. The third-order valence-corrected chi connectivity index (χ3v) is 4.32. The highest BCUT2D eigenvalue weighted by Crippen LogP contribution is 2.34. The van der Waals surface area contributed by atoms with Gasteiger partial charge in [-0.1, -0.05) is 0 Å². The lowest BCUT2D eigenvalue weighted by atomic mass is 9.98. The molecule has 1 N–H and O–H groups in total. The van der Waals surface area contributed by atoms with Crippen molar-refractivity contribution in [1.29, 1.82) is 0 Å². The summed E-state index contributed by atoms with van der Waals surface area (Å²) in [5.74, 6) is -0.102. The molecule has 2 atom stereocenters. The summed E-state index contributed by atoms with van der Waals surface area (Å²) in [7, 11) is 3.71. The predicted octanol–water partition coefficient (Wildman–Crippen LogP) is 1.15. The average Bonchev–Trinajstić information content (AvgIpc) is 2.57. The maximum Gasteiger partial charge on any atom is 0.305 e. The van der Waals surface area contributed by atoms with Crippen molar-refractivity contribution in [2.45, 2.75) is 56.7 Å². The first-order valence-electron chi connectivity index (χ1n) is 6.73. The van der Waals surface area contributed by atoms with Gasteiger partial charge in [0.2, 0.25) is 0 Å². The number of rotatable bonds is 5. The smallest absolute Gasteiger partial charge is 0.305 e. The van der Waals surface area contributed by atoms with Gasteiger partial charge < -0.3 is 15.0 Å². The molecule has 0 aromatic carbocycles. The van der Waals surface area contributed by atoms with Crippen LogP contribution < -0.4 is 5.32 Å². The number of carbonyl (C=O) groups excluding carboxylic acids is 1. The summed E-state index contributed by atoms with van der Waals surface area (Å²) in [5.41, 5.74) is 0. The van der Waals surface area contributed by atoms with Gasteiger partial charge in [0, 0.05) is 24.5 Å². The number of nitrogens with zero attached hydrogens (tertiary/aromatic N) is 1.